The van der Waals surface area contributed by atoms with Crippen LogP contribution in [0.3, 0.4) is 0 Å². The maximum absolute atomic E-state index is 14.2. The van der Waals surface area contributed by atoms with Gasteiger partial charge in [0.05, 0.1) is 6.04 Å². The van der Waals surface area contributed by atoms with E-state index >= 15 is 0 Å². The number of hydrogen-bond acceptors (Lipinski definition) is 4. The minimum absolute atomic E-state index is 0.156. The van der Waals surface area contributed by atoms with Crippen molar-refractivity contribution in [1.82, 2.24) is 15.5 Å². The van der Waals surface area contributed by atoms with Crippen molar-refractivity contribution in [2.24, 2.45) is 5.92 Å². The minimum atomic E-state index is -2.59. The highest BCUT2D eigenvalue weighted by Crippen LogP contribution is 2.44. The molecule has 0 bridgehead atoms. The van der Waals surface area contributed by atoms with Crippen LogP contribution >= 0.6 is 0 Å². The van der Waals surface area contributed by atoms with E-state index in [1.54, 1.807) is 25.1 Å². The van der Waals surface area contributed by atoms with Gasteiger partial charge in [-0.15, -0.1) is 0 Å². The highest BCUT2D eigenvalue weighted by molar-refractivity contribution is 5.26. The molecular weight excluding hydrogens is 307 g/mol. The Morgan fingerprint density at radius 2 is 2.00 bits per heavy atom. The van der Waals surface area contributed by atoms with Gasteiger partial charge in [0.25, 0.3) is 0 Å². The predicted octanol–water partition coefficient (Wildman–Crippen LogP) is 3.63. The van der Waals surface area contributed by atoms with E-state index in [2.05, 4.69) is 15.5 Å². The Hall–Kier alpha value is -1.89. The van der Waals surface area contributed by atoms with Crippen molar-refractivity contribution < 1.29 is 17.7 Å². The third-order valence-electron chi connectivity index (χ3n) is 4.28. The average Bonchev–Trinajstić information content (AvgIpc) is 2.89. The summed E-state index contributed by atoms with van der Waals surface area (Å²) in [7, 11) is 0. The van der Waals surface area contributed by atoms with E-state index < -0.39 is 17.8 Å². The van der Waals surface area contributed by atoms with Gasteiger partial charge in [0, 0.05) is 31.4 Å². The third-order valence-corrected chi connectivity index (χ3v) is 4.28. The molecule has 1 fully saturated rings. The van der Waals surface area contributed by atoms with Gasteiger partial charge in [0.1, 0.15) is 5.82 Å². The lowest BCUT2D eigenvalue weighted by Crippen LogP contribution is -2.47. The standard InChI is InChI=1S/C16H18F3N3O/c1-9(11-7-16(18,19)8-11)20-14(15-21-10(2)23-22-15)12-5-3-4-6-13(12)17/h3-6,9,11,14,20H,7-8H2,1-2H3. The van der Waals surface area contributed by atoms with Crippen molar-refractivity contribution in [2.75, 3.05) is 0 Å². The fourth-order valence-corrected chi connectivity index (χ4v) is 2.90. The van der Waals surface area contributed by atoms with Gasteiger partial charge in [-0.2, -0.15) is 4.98 Å². The van der Waals surface area contributed by atoms with E-state index in [1.807, 2.05) is 6.92 Å². The fourth-order valence-electron chi connectivity index (χ4n) is 2.90. The topological polar surface area (TPSA) is 51.0 Å². The first-order chi connectivity index (χ1) is 10.9. The van der Waals surface area contributed by atoms with Gasteiger partial charge in [-0.05, 0) is 18.9 Å². The van der Waals surface area contributed by atoms with Gasteiger partial charge in [0.2, 0.25) is 11.8 Å². The highest BCUT2D eigenvalue weighted by atomic mass is 19.3. The monoisotopic (exact) mass is 325 g/mol. The average molecular weight is 325 g/mol. The number of halogens is 3. The molecule has 1 heterocycles. The molecule has 1 aromatic heterocycles. The molecule has 124 valence electrons. The van der Waals surface area contributed by atoms with Crippen LogP contribution in [0.1, 0.15) is 43.1 Å². The molecule has 1 N–H and O–H groups in total. The number of nitrogens with zero attached hydrogens (tertiary/aromatic N) is 2. The molecule has 0 spiro atoms. The second kappa shape index (κ2) is 5.96. The van der Waals surface area contributed by atoms with Crippen LogP contribution in [-0.4, -0.2) is 22.1 Å². The van der Waals surface area contributed by atoms with E-state index in [9.17, 15) is 13.2 Å². The first-order valence-electron chi connectivity index (χ1n) is 7.54. The van der Waals surface area contributed by atoms with Gasteiger partial charge in [-0.3, -0.25) is 0 Å². The van der Waals surface area contributed by atoms with Crippen LogP contribution < -0.4 is 5.32 Å². The summed E-state index contributed by atoms with van der Waals surface area (Å²) in [6, 6.07) is 5.41. The van der Waals surface area contributed by atoms with Crippen LogP contribution in [0.15, 0.2) is 28.8 Å². The Kier molecular flexibility index (Phi) is 4.14. The summed E-state index contributed by atoms with van der Waals surface area (Å²) in [5.41, 5.74) is 0.367. The zero-order valence-electron chi connectivity index (χ0n) is 12.9. The zero-order valence-corrected chi connectivity index (χ0v) is 12.9. The van der Waals surface area contributed by atoms with Crippen LogP contribution in [0.4, 0.5) is 13.2 Å². The number of nitrogens with one attached hydrogen (secondary N) is 1. The second-order valence-electron chi connectivity index (χ2n) is 6.11. The Labute approximate surface area is 132 Å². The Balaban J connectivity index is 1.83. The van der Waals surface area contributed by atoms with Gasteiger partial charge in [0.15, 0.2) is 5.82 Å². The summed E-state index contributed by atoms with van der Waals surface area (Å²) in [5, 5.41) is 7.04. The number of hydrogen-bond donors (Lipinski definition) is 1. The lowest BCUT2D eigenvalue weighted by Gasteiger charge is -2.40. The predicted molar refractivity (Wildman–Crippen MR) is 77.5 cm³/mol. The Bertz CT molecular complexity index is 681. The molecule has 0 saturated heterocycles. The molecule has 7 heteroatoms. The SMILES string of the molecule is Cc1nc(C(NC(C)C2CC(F)(F)C2)c2ccccc2F)no1. The van der Waals surface area contributed by atoms with Gasteiger partial charge >= 0.3 is 0 Å². The molecule has 2 atom stereocenters. The van der Waals surface area contributed by atoms with E-state index in [1.165, 1.54) is 6.07 Å². The number of alkyl halides is 2. The molecule has 1 saturated carbocycles. The molecule has 4 nitrogen and oxygen atoms in total. The van der Waals surface area contributed by atoms with Crippen molar-refractivity contribution in [2.45, 2.75) is 44.7 Å². The largest absolute Gasteiger partial charge is 0.340 e. The minimum Gasteiger partial charge on any atom is -0.340 e. The molecule has 3 rings (SSSR count). The number of rotatable bonds is 5. The fraction of sp³-hybridized carbons (Fsp3) is 0.500. The molecule has 23 heavy (non-hydrogen) atoms. The molecule has 0 aliphatic heterocycles. The van der Waals surface area contributed by atoms with Crippen molar-refractivity contribution in [3.63, 3.8) is 0 Å². The van der Waals surface area contributed by atoms with Crippen LogP contribution in [0.5, 0.6) is 0 Å². The summed E-state index contributed by atoms with van der Waals surface area (Å²) < 4.78 is 45.3. The summed E-state index contributed by atoms with van der Waals surface area (Å²) in [5.74, 6) is -2.49. The number of aromatic nitrogens is 2. The quantitative estimate of drug-likeness (QED) is 0.912. The van der Waals surface area contributed by atoms with Gasteiger partial charge < -0.3 is 9.84 Å². The highest BCUT2D eigenvalue weighted by Gasteiger charge is 2.47. The van der Waals surface area contributed by atoms with E-state index in [4.69, 9.17) is 4.52 Å². The molecule has 1 aliphatic carbocycles. The first-order valence-corrected chi connectivity index (χ1v) is 7.54. The first kappa shape index (κ1) is 16.0. The summed E-state index contributed by atoms with van der Waals surface area (Å²) in [6.07, 6.45) is -0.313. The van der Waals surface area contributed by atoms with Crippen molar-refractivity contribution in [3.05, 3.63) is 47.4 Å². The van der Waals surface area contributed by atoms with Crippen LogP contribution in [-0.2, 0) is 0 Å². The number of benzene rings is 1. The van der Waals surface area contributed by atoms with Crippen molar-refractivity contribution >= 4 is 0 Å². The molecule has 2 unspecified atom stereocenters. The summed E-state index contributed by atoms with van der Waals surface area (Å²) >= 11 is 0. The summed E-state index contributed by atoms with van der Waals surface area (Å²) in [4.78, 5) is 4.16. The maximum atomic E-state index is 14.2. The van der Waals surface area contributed by atoms with E-state index in [0.717, 1.165) is 0 Å². The van der Waals surface area contributed by atoms with Crippen molar-refractivity contribution in [3.8, 4) is 0 Å². The molecule has 1 aromatic carbocycles. The lowest BCUT2D eigenvalue weighted by molar-refractivity contribution is -0.118. The molecule has 0 radical (unpaired) electrons. The number of aryl methyl sites for hydroxylation is 1. The normalized spacial score (nSPS) is 20.0. The molecular formula is C16H18F3N3O. The second-order valence-corrected chi connectivity index (χ2v) is 6.11. The lowest BCUT2D eigenvalue weighted by atomic mass is 9.76. The zero-order chi connectivity index (χ0) is 16.6. The molecule has 1 aliphatic rings. The maximum Gasteiger partial charge on any atom is 0.248 e. The molecule has 0 amide bonds. The van der Waals surface area contributed by atoms with Crippen LogP contribution in [0, 0.1) is 18.7 Å². The Morgan fingerprint density at radius 1 is 1.30 bits per heavy atom. The van der Waals surface area contributed by atoms with Gasteiger partial charge in [-0.1, -0.05) is 23.4 Å². The Morgan fingerprint density at radius 3 is 2.57 bits per heavy atom. The molecule has 2 aromatic rings. The van der Waals surface area contributed by atoms with E-state index in [-0.39, 0.29) is 24.8 Å². The third kappa shape index (κ3) is 3.39. The van der Waals surface area contributed by atoms with Crippen LogP contribution in [0.2, 0.25) is 0 Å². The van der Waals surface area contributed by atoms with Crippen molar-refractivity contribution in [1.29, 1.82) is 0 Å². The van der Waals surface area contributed by atoms with Crippen LogP contribution in [0.25, 0.3) is 0 Å². The van der Waals surface area contributed by atoms with E-state index in [0.29, 0.717) is 17.3 Å². The smallest absolute Gasteiger partial charge is 0.248 e. The summed E-state index contributed by atoms with van der Waals surface area (Å²) in [6.45, 7) is 3.46. The van der Waals surface area contributed by atoms with Gasteiger partial charge in [-0.25, -0.2) is 13.2 Å².